The Morgan fingerprint density at radius 2 is 1.68 bits per heavy atom. The van der Waals surface area contributed by atoms with Gasteiger partial charge in [-0.05, 0) is 75.0 Å². The number of likely N-dealkylation sites (N-methyl/N-ethyl adjacent to an activating group) is 1. The molecule has 1 aliphatic heterocycles. The van der Waals surface area contributed by atoms with Crippen LogP contribution in [0.4, 0.5) is 0 Å². The second-order valence-electron chi connectivity index (χ2n) is 12.0. The lowest BCUT2D eigenvalue weighted by Gasteiger charge is -2.15. The minimum absolute atomic E-state index is 0.153. The van der Waals surface area contributed by atoms with Crippen molar-refractivity contribution in [2.24, 2.45) is 0 Å². The lowest BCUT2D eigenvalue weighted by molar-refractivity contribution is -0.119. The summed E-state index contributed by atoms with van der Waals surface area (Å²) in [5.74, 6) is 0.750. The van der Waals surface area contributed by atoms with Crippen LogP contribution in [0.3, 0.4) is 0 Å². The molecule has 3 aromatic carbocycles. The SMILES string of the molecule is COc1nc(-c2cccc(-c3cccc(-c4ccc5c(c4)C=C(CN(C)C)C5)c3Cl)c2Cl)ccc1CCC[C@@H]1CCC(=O)N1. The number of benzene rings is 3. The van der Waals surface area contributed by atoms with E-state index in [1.165, 1.54) is 16.7 Å². The van der Waals surface area contributed by atoms with Crippen LogP contribution in [-0.2, 0) is 17.6 Å². The summed E-state index contributed by atoms with van der Waals surface area (Å²) in [6.45, 7) is 0.958. The Kier molecular flexibility index (Phi) is 9.08. The molecule has 1 N–H and O–H groups in total. The molecule has 44 heavy (non-hydrogen) atoms. The van der Waals surface area contributed by atoms with Gasteiger partial charge < -0.3 is 15.0 Å². The van der Waals surface area contributed by atoms with Crippen LogP contribution in [0.2, 0.25) is 10.0 Å². The first-order chi connectivity index (χ1) is 21.3. The van der Waals surface area contributed by atoms with Crippen LogP contribution in [0.15, 0.2) is 72.3 Å². The van der Waals surface area contributed by atoms with Crippen molar-refractivity contribution < 1.29 is 9.53 Å². The number of aryl methyl sites for hydroxylation is 1. The number of hydrogen-bond donors (Lipinski definition) is 1. The van der Waals surface area contributed by atoms with Crippen molar-refractivity contribution in [3.05, 3.63) is 99.0 Å². The summed E-state index contributed by atoms with van der Waals surface area (Å²) in [7, 11) is 5.85. The molecule has 2 heterocycles. The van der Waals surface area contributed by atoms with E-state index in [0.29, 0.717) is 22.3 Å². The summed E-state index contributed by atoms with van der Waals surface area (Å²) in [5, 5.41) is 4.31. The minimum Gasteiger partial charge on any atom is -0.481 e. The Balaban J connectivity index is 1.26. The monoisotopic (exact) mass is 625 g/mol. The van der Waals surface area contributed by atoms with E-state index in [4.69, 9.17) is 32.9 Å². The Labute approximate surface area is 269 Å². The number of methoxy groups -OCH3 is 1. The number of halogens is 2. The van der Waals surface area contributed by atoms with Crippen LogP contribution in [0.25, 0.3) is 39.6 Å². The molecule has 0 unspecified atom stereocenters. The predicted octanol–water partition coefficient (Wildman–Crippen LogP) is 8.50. The highest BCUT2D eigenvalue weighted by atomic mass is 35.5. The molecule has 7 heteroatoms. The highest BCUT2D eigenvalue weighted by Gasteiger charge is 2.21. The quantitative estimate of drug-likeness (QED) is 0.192. The van der Waals surface area contributed by atoms with Crippen molar-refractivity contribution in [2.75, 3.05) is 27.7 Å². The third kappa shape index (κ3) is 6.41. The summed E-state index contributed by atoms with van der Waals surface area (Å²) in [6, 6.07) is 23.0. The van der Waals surface area contributed by atoms with Crippen molar-refractivity contribution in [3.8, 4) is 39.4 Å². The number of pyridine rings is 1. The van der Waals surface area contributed by atoms with E-state index in [1.54, 1.807) is 7.11 Å². The van der Waals surface area contributed by atoms with Crippen LogP contribution in [0.1, 0.15) is 42.4 Å². The topological polar surface area (TPSA) is 54.5 Å². The van der Waals surface area contributed by atoms with Gasteiger partial charge in [-0.2, -0.15) is 0 Å². The number of nitrogens with zero attached hydrogens (tertiary/aromatic N) is 2. The summed E-state index contributed by atoms with van der Waals surface area (Å²) in [4.78, 5) is 18.6. The van der Waals surface area contributed by atoms with Crippen molar-refractivity contribution in [1.29, 1.82) is 0 Å². The number of aromatic nitrogens is 1. The largest absolute Gasteiger partial charge is 0.481 e. The fraction of sp³-hybridized carbons (Fsp3) is 0.297. The maximum atomic E-state index is 11.5. The van der Waals surface area contributed by atoms with Crippen LogP contribution in [0, 0.1) is 0 Å². The molecular formula is C37H37Cl2N3O2. The first kappa shape index (κ1) is 30.4. The molecule has 226 valence electrons. The number of fused-ring (bicyclic) bond motifs is 1. The molecular weight excluding hydrogens is 589 g/mol. The normalized spacial score (nSPS) is 15.8. The van der Waals surface area contributed by atoms with Crippen molar-refractivity contribution >= 4 is 35.2 Å². The third-order valence-electron chi connectivity index (χ3n) is 8.53. The smallest absolute Gasteiger partial charge is 0.220 e. The first-order valence-corrected chi connectivity index (χ1v) is 15.9. The molecule has 5 nitrogen and oxygen atoms in total. The zero-order valence-electron chi connectivity index (χ0n) is 25.4. The van der Waals surface area contributed by atoms with E-state index in [-0.39, 0.29) is 11.9 Å². The summed E-state index contributed by atoms with van der Waals surface area (Å²) in [6.07, 6.45) is 7.56. The van der Waals surface area contributed by atoms with E-state index in [2.05, 4.69) is 60.7 Å². The number of rotatable bonds is 10. The van der Waals surface area contributed by atoms with Gasteiger partial charge in [-0.3, -0.25) is 4.79 Å². The highest BCUT2D eigenvalue weighted by molar-refractivity contribution is 6.39. The zero-order valence-corrected chi connectivity index (χ0v) is 26.9. The van der Waals surface area contributed by atoms with Crippen molar-refractivity contribution in [3.63, 3.8) is 0 Å². The van der Waals surface area contributed by atoms with Gasteiger partial charge in [0.25, 0.3) is 0 Å². The van der Waals surface area contributed by atoms with E-state index < -0.39 is 0 Å². The van der Waals surface area contributed by atoms with Crippen molar-refractivity contribution in [2.45, 2.75) is 44.6 Å². The lowest BCUT2D eigenvalue weighted by atomic mass is 9.95. The van der Waals surface area contributed by atoms with Gasteiger partial charge in [-0.25, -0.2) is 4.98 Å². The fourth-order valence-corrected chi connectivity index (χ4v) is 7.06. The molecule has 0 saturated carbocycles. The molecule has 1 saturated heterocycles. The molecule has 0 spiro atoms. The zero-order chi connectivity index (χ0) is 30.8. The lowest BCUT2D eigenvalue weighted by Crippen LogP contribution is -2.25. The number of amides is 1. The van der Waals surface area contributed by atoms with Crippen molar-refractivity contribution in [1.82, 2.24) is 15.2 Å². The second kappa shape index (κ2) is 13.2. The molecule has 1 atom stereocenters. The Morgan fingerprint density at radius 1 is 0.955 bits per heavy atom. The highest BCUT2D eigenvalue weighted by Crippen LogP contribution is 2.43. The minimum atomic E-state index is 0.153. The number of nitrogens with one attached hydrogen (secondary N) is 1. The van der Waals surface area contributed by atoms with Gasteiger partial charge in [0.05, 0.1) is 22.8 Å². The maximum Gasteiger partial charge on any atom is 0.220 e. The van der Waals surface area contributed by atoms with Gasteiger partial charge in [0.2, 0.25) is 11.8 Å². The van der Waals surface area contributed by atoms with E-state index in [9.17, 15) is 4.79 Å². The number of carbonyl (C=O) groups is 1. The van der Waals surface area contributed by atoms with Gasteiger partial charge in [-0.1, -0.05) is 89.4 Å². The summed E-state index contributed by atoms with van der Waals surface area (Å²) in [5.41, 5.74) is 10.4. The average molecular weight is 627 g/mol. The number of carbonyl (C=O) groups excluding carboxylic acids is 1. The van der Waals surface area contributed by atoms with Gasteiger partial charge >= 0.3 is 0 Å². The maximum absolute atomic E-state index is 11.5. The number of hydrogen-bond acceptors (Lipinski definition) is 4. The van der Waals surface area contributed by atoms with Gasteiger partial charge in [-0.15, -0.1) is 0 Å². The molecule has 1 fully saturated rings. The van der Waals surface area contributed by atoms with E-state index >= 15 is 0 Å². The molecule has 1 aromatic heterocycles. The molecule has 6 rings (SSSR count). The summed E-state index contributed by atoms with van der Waals surface area (Å²) < 4.78 is 5.69. The van der Waals surface area contributed by atoms with E-state index in [0.717, 1.165) is 77.7 Å². The van der Waals surface area contributed by atoms with Crippen LogP contribution < -0.4 is 10.1 Å². The second-order valence-corrected chi connectivity index (χ2v) is 12.8. The molecule has 4 aromatic rings. The predicted molar refractivity (Wildman–Crippen MR) is 181 cm³/mol. The first-order valence-electron chi connectivity index (χ1n) is 15.2. The molecule has 1 amide bonds. The standard InChI is InChI=1S/C37H37Cl2N3O2/c1-42(2)22-23-19-25-13-14-26(21-27(25)20-23)29-9-5-10-30(35(29)38)31-11-6-12-32(36(31)39)33-17-15-24(37(41-33)44-3)7-4-8-28-16-18-34(43)40-28/h5-6,9-15,17,20-21,28H,4,7-8,16,18-19,22H2,1-3H3,(H,40,43)/t28-/m1/s1. The Bertz CT molecular complexity index is 1750. The Morgan fingerprint density at radius 3 is 2.39 bits per heavy atom. The third-order valence-corrected chi connectivity index (χ3v) is 9.35. The van der Waals surface area contributed by atoms with Gasteiger partial charge in [0.15, 0.2) is 0 Å². The van der Waals surface area contributed by atoms with Crippen LogP contribution in [-0.4, -0.2) is 49.6 Å². The van der Waals surface area contributed by atoms with Crippen LogP contribution in [0.5, 0.6) is 5.88 Å². The molecule has 1 aliphatic carbocycles. The van der Waals surface area contributed by atoms with Crippen LogP contribution >= 0.6 is 23.2 Å². The fourth-order valence-electron chi connectivity index (χ4n) is 6.40. The molecule has 0 bridgehead atoms. The molecule has 0 radical (unpaired) electrons. The van der Waals surface area contributed by atoms with E-state index in [1.807, 2.05) is 36.4 Å². The summed E-state index contributed by atoms with van der Waals surface area (Å²) >= 11 is 14.2. The Hall–Kier alpha value is -3.64. The van der Waals surface area contributed by atoms with Gasteiger partial charge in [0, 0.05) is 46.8 Å². The number of ether oxygens (including phenoxy) is 1. The average Bonchev–Trinajstić information content (AvgIpc) is 3.61. The van der Waals surface area contributed by atoms with Gasteiger partial charge in [0.1, 0.15) is 0 Å². The molecule has 2 aliphatic rings.